The zero-order valence-corrected chi connectivity index (χ0v) is 12.7. The molecule has 6 nitrogen and oxygen atoms in total. The molecule has 0 fully saturated rings. The zero-order chi connectivity index (χ0) is 16.1. The minimum atomic E-state index is -0.892. The molecule has 0 aliphatic rings. The van der Waals surface area contributed by atoms with Gasteiger partial charge in [0.25, 0.3) is 0 Å². The lowest BCUT2D eigenvalue weighted by atomic mass is 10.2. The molecule has 2 aromatic rings. The van der Waals surface area contributed by atoms with Crippen LogP contribution < -0.4 is 5.32 Å². The molecule has 2 rings (SSSR count). The Bertz CT molecular complexity index is 678. The Hall–Kier alpha value is -2.34. The zero-order valence-electron chi connectivity index (χ0n) is 12.7. The molecule has 1 aromatic heterocycles. The highest BCUT2D eigenvalue weighted by Gasteiger charge is 2.08. The lowest BCUT2D eigenvalue weighted by molar-refractivity contribution is -0.137. The molecule has 2 N–H and O–H groups in total. The van der Waals surface area contributed by atoms with Crippen molar-refractivity contribution >= 4 is 28.5 Å². The fourth-order valence-corrected chi connectivity index (χ4v) is 2.09. The van der Waals surface area contributed by atoms with Crippen molar-refractivity contribution in [3.63, 3.8) is 0 Å². The predicted molar refractivity (Wildman–Crippen MR) is 83.9 cm³/mol. The first-order valence-corrected chi connectivity index (χ1v) is 7.21. The Morgan fingerprint density at radius 2 is 2.14 bits per heavy atom. The molecule has 0 bridgehead atoms. The molecule has 0 aliphatic heterocycles. The van der Waals surface area contributed by atoms with Crippen LogP contribution in [0.1, 0.15) is 20.3 Å². The molecule has 0 aliphatic carbocycles. The van der Waals surface area contributed by atoms with E-state index in [9.17, 15) is 9.59 Å². The van der Waals surface area contributed by atoms with Gasteiger partial charge in [0.1, 0.15) is 13.2 Å². The molecule has 0 spiro atoms. The second-order valence-electron chi connectivity index (χ2n) is 5.19. The first-order valence-electron chi connectivity index (χ1n) is 7.21. The minimum absolute atomic E-state index is 0.0209. The van der Waals surface area contributed by atoms with Crippen LogP contribution in [0.4, 0.5) is 5.69 Å². The molecule has 0 saturated carbocycles. The number of amides is 1. The van der Waals surface area contributed by atoms with Crippen LogP contribution in [0.5, 0.6) is 0 Å². The summed E-state index contributed by atoms with van der Waals surface area (Å²) in [4.78, 5) is 22.6. The molecule has 6 heteroatoms. The van der Waals surface area contributed by atoms with Gasteiger partial charge in [0.2, 0.25) is 5.91 Å². The van der Waals surface area contributed by atoms with E-state index < -0.39 is 5.97 Å². The molecular formula is C16H20N2O4. The Labute approximate surface area is 128 Å². The smallest absolute Gasteiger partial charge is 0.323 e. The van der Waals surface area contributed by atoms with Gasteiger partial charge < -0.3 is 19.7 Å². The van der Waals surface area contributed by atoms with Crippen LogP contribution in [0.2, 0.25) is 0 Å². The highest BCUT2D eigenvalue weighted by Crippen LogP contribution is 2.20. The molecule has 0 radical (unpaired) electrons. The van der Waals surface area contributed by atoms with Crippen LogP contribution >= 0.6 is 0 Å². The fraction of sp³-hybridized carbons (Fsp3) is 0.375. The van der Waals surface area contributed by atoms with E-state index >= 15 is 0 Å². The number of rotatable bonds is 7. The van der Waals surface area contributed by atoms with E-state index in [4.69, 9.17) is 9.84 Å². The van der Waals surface area contributed by atoms with Crippen molar-refractivity contribution in [3.8, 4) is 0 Å². The van der Waals surface area contributed by atoms with Gasteiger partial charge in [-0.3, -0.25) is 9.59 Å². The van der Waals surface area contributed by atoms with Crippen molar-refractivity contribution in [3.05, 3.63) is 30.5 Å². The van der Waals surface area contributed by atoms with Crippen molar-refractivity contribution in [2.24, 2.45) is 0 Å². The average Bonchev–Trinajstić information content (AvgIpc) is 2.86. The van der Waals surface area contributed by atoms with E-state index in [-0.39, 0.29) is 25.2 Å². The number of fused-ring (bicyclic) bond motifs is 1. The summed E-state index contributed by atoms with van der Waals surface area (Å²) in [6.07, 6.45) is 2.63. The van der Waals surface area contributed by atoms with Crippen LogP contribution in [0.3, 0.4) is 0 Å². The van der Waals surface area contributed by atoms with E-state index in [0.29, 0.717) is 5.69 Å². The summed E-state index contributed by atoms with van der Waals surface area (Å²) in [6.45, 7) is 3.85. The number of carboxylic acid groups (broad SMARTS) is 1. The number of hydrogen-bond donors (Lipinski definition) is 2. The van der Waals surface area contributed by atoms with Crippen molar-refractivity contribution in [1.82, 2.24) is 4.57 Å². The van der Waals surface area contributed by atoms with E-state index in [0.717, 1.165) is 17.3 Å². The second kappa shape index (κ2) is 7.09. The van der Waals surface area contributed by atoms with Gasteiger partial charge in [-0.25, -0.2) is 0 Å². The Balaban J connectivity index is 2.04. The van der Waals surface area contributed by atoms with Crippen LogP contribution in [0.15, 0.2) is 30.5 Å². The third-order valence-electron chi connectivity index (χ3n) is 3.43. The van der Waals surface area contributed by atoms with Gasteiger partial charge in [0, 0.05) is 22.8 Å². The number of anilines is 1. The van der Waals surface area contributed by atoms with Crippen LogP contribution in [0, 0.1) is 0 Å². The predicted octanol–water partition coefficient (Wildman–Crippen LogP) is 2.48. The number of carbonyl (C=O) groups excluding carboxylic acids is 1. The molecule has 1 unspecified atom stereocenters. The van der Waals surface area contributed by atoms with Gasteiger partial charge in [-0.15, -0.1) is 0 Å². The van der Waals surface area contributed by atoms with E-state index in [1.54, 1.807) is 22.9 Å². The van der Waals surface area contributed by atoms with Gasteiger partial charge in [-0.2, -0.15) is 0 Å². The number of carboxylic acids is 1. The first-order chi connectivity index (χ1) is 10.5. The molecule has 1 amide bonds. The molecule has 118 valence electrons. The summed E-state index contributed by atoms with van der Waals surface area (Å²) in [5.74, 6) is -1.10. The number of carbonyl (C=O) groups is 2. The quantitative estimate of drug-likeness (QED) is 0.823. The maximum atomic E-state index is 11.8. The highest BCUT2D eigenvalue weighted by molar-refractivity contribution is 5.94. The molecule has 0 saturated heterocycles. The van der Waals surface area contributed by atoms with Crippen molar-refractivity contribution in [2.45, 2.75) is 32.9 Å². The summed E-state index contributed by atoms with van der Waals surface area (Å²) in [5.41, 5.74) is 1.48. The third kappa shape index (κ3) is 4.08. The molecule has 1 aromatic carbocycles. The van der Waals surface area contributed by atoms with Gasteiger partial charge in [0.05, 0.1) is 6.10 Å². The lowest BCUT2D eigenvalue weighted by Gasteiger charge is -2.11. The molecule has 22 heavy (non-hydrogen) atoms. The average molecular weight is 304 g/mol. The summed E-state index contributed by atoms with van der Waals surface area (Å²) < 4.78 is 7.03. The molecular weight excluding hydrogens is 284 g/mol. The Morgan fingerprint density at radius 3 is 2.82 bits per heavy atom. The second-order valence-corrected chi connectivity index (χ2v) is 5.19. The van der Waals surface area contributed by atoms with Crippen molar-refractivity contribution in [2.75, 3.05) is 11.9 Å². The van der Waals surface area contributed by atoms with Crippen molar-refractivity contribution in [1.29, 1.82) is 0 Å². The van der Waals surface area contributed by atoms with E-state index in [1.807, 2.05) is 26.0 Å². The summed E-state index contributed by atoms with van der Waals surface area (Å²) in [6, 6.07) is 7.18. The number of benzene rings is 1. The SMILES string of the molecule is CCC(C)OCC(=O)Nc1ccc2c(ccn2CC(=O)O)c1. The van der Waals surface area contributed by atoms with E-state index in [1.165, 1.54) is 0 Å². The number of hydrogen-bond acceptors (Lipinski definition) is 3. The fourth-order valence-electron chi connectivity index (χ4n) is 2.09. The Kier molecular flexibility index (Phi) is 5.16. The topological polar surface area (TPSA) is 80.6 Å². The number of nitrogens with one attached hydrogen (secondary N) is 1. The summed E-state index contributed by atoms with van der Waals surface area (Å²) in [7, 11) is 0. The van der Waals surface area contributed by atoms with Gasteiger partial charge in [-0.1, -0.05) is 6.92 Å². The largest absolute Gasteiger partial charge is 0.480 e. The number of ether oxygens (including phenoxy) is 1. The van der Waals surface area contributed by atoms with Gasteiger partial charge >= 0.3 is 5.97 Å². The summed E-state index contributed by atoms with van der Waals surface area (Å²) >= 11 is 0. The minimum Gasteiger partial charge on any atom is -0.480 e. The number of aromatic nitrogens is 1. The Morgan fingerprint density at radius 1 is 1.36 bits per heavy atom. The first kappa shape index (κ1) is 16.0. The maximum absolute atomic E-state index is 11.8. The standard InChI is InChI=1S/C16H20N2O4/c1-3-11(2)22-10-15(19)17-13-4-5-14-12(8-13)6-7-18(14)9-16(20)21/h4-8,11H,3,9-10H2,1-2H3,(H,17,19)(H,20,21). The van der Waals surface area contributed by atoms with Crippen LogP contribution in [-0.2, 0) is 20.9 Å². The summed E-state index contributed by atoms with van der Waals surface area (Å²) in [5, 5.41) is 12.5. The van der Waals surface area contributed by atoms with E-state index in [2.05, 4.69) is 5.32 Å². The number of nitrogens with zero attached hydrogens (tertiary/aromatic N) is 1. The molecule has 1 atom stereocenters. The van der Waals surface area contributed by atoms with Crippen molar-refractivity contribution < 1.29 is 19.4 Å². The van der Waals surface area contributed by atoms with Crippen LogP contribution in [0.25, 0.3) is 10.9 Å². The third-order valence-corrected chi connectivity index (χ3v) is 3.43. The molecule has 1 heterocycles. The maximum Gasteiger partial charge on any atom is 0.323 e. The monoisotopic (exact) mass is 304 g/mol. The van der Waals surface area contributed by atoms with Gasteiger partial charge in [-0.05, 0) is 37.6 Å². The van der Waals surface area contributed by atoms with Gasteiger partial charge in [0.15, 0.2) is 0 Å². The highest BCUT2D eigenvalue weighted by atomic mass is 16.5. The normalized spacial score (nSPS) is 12.3. The number of aliphatic carboxylic acids is 1. The lowest BCUT2D eigenvalue weighted by Crippen LogP contribution is -2.21. The van der Waals surface area contributed by atoms with Crippen LogP contribution in [-0.4, -0.2) is 34.3 Å².